The Balaban J connectivity index is 1.08. The zero-order valence-electron chi connectivity index (χ0n) is 35.3. The molecule has 59 heavy (non-hydrogen) atoms. The molecule has 0 saturated carbocycles. The summed E-state index contributed by atoms with van der Waals surface area (Å²) in [4.78, 5) is 35.7. The number of nitrogens with zero attached hydrogens (tertiary/aromatic N) is 4. The summed E-state index contributed by atoms with van der Waals surface area (Å²) in [5, 5.41) is 11.6. The lowest BCUT2D eigenvalue weighted by molar-refractivity contribution is 0.332. The van der Waals surface area contributed by atoms with Gasteiger partial charge in [-0.25, -0.2) is 19.7 Å². The number of fused-ring (bicyclic) bond motifs is 4. The molecule has 0 spiro atoms. The highest BCUT2D eigenvalue weighted by atomic mass is 16.5. The van der Waals surface area contributed by atoms with Crippen LogP contribution in [-0.4, -0.2) is 26.2 Å². The Morgan fingerprint density at radius 3 is 1.46 bits per heavy atom. The van der Waals surface area contributed by atoms with Crippen molar-refractivity contribution in [3.05, 3.63) is 137 Å². The molecule has 2 aromatic carbocycles. The maximum absolute atomic E-state index is 13.7. The van der Waals surface area contributed by atoms with Gasteiger partial charge in [0, 0.05) is 59.5 Å². The number of benzene rings is 2. The summed E-state index contributed by atoms with van der Waals surface area (Å²) >= 11 is 0. The predicted molar refractivity (Wildman–Crippen MR) is 235 cm³/mol. The first-order valence-corrected chi connectivity index (χ1v) is 20.7. The van der Waals surface area contributed by atoms with Crippen LogP contribution in [0.25, 0.3) is 38.9 Å². The Morgan fingerprint density at radius 2 is 1.07 bits per heavy atom. The first-order valence-electron chi connectivity index (χ1n) is 20.7. The van der Waals surface area contributed by atoms with E-state index in [1.165, 1.54) is 22.5 Å². The fourth-order valence-corrected chi connectivity index (χ4v) is 9.91. The summed E-state index contributed by atoms with van der Waals surface area (Å²) < 4.78 is 18.6. The molecule has 2 aromatic heterocycles. The summed E-state index contributed by atoms with van der Waals surface area (Å²) in [6, 6.07) is 10.1. The number of ether oxygens (including phenoxy) is 1. The second kappa shape index (κ2) is 13.2. The van der Waals surface area contributed by atoms with Crippen molar-refractivity contribution in [3.8, 4) is 6.07 Å². The van der Waals surface area contributed by atoms with Gasteiger partial charge in [-0.2, -0.15) is 0 Å². The largest absolute Gasteiger partial charge is 0.457 e. The molecule has 300 valence electrons. The molecule has 7 heterocycles. The Bertz CT molecular complexity index is 2700. The summed E-state index contributed by atoms with van der Waals surface area (Å²) in [6.07, 6.45) is 13.8. The summed E-state index contributed by atoms with van der Waals surface area (Å²) in [7, 11) is 0. The summed E-state index contributed by atoms with van der Waals surface area (Å²) in [5.41, 5.74) is 8.04. The van der Waals surface area contributed by atoms with Crippen LogP contribution in [0.5, 0.6) is 0 Å². The van der Waals surface area contributed by atoms with E-state index in [1.54, 1.807) is 36.5 Å². The Hall–Kier alpha value is -6.06. The third-order valence-corrected chi connectivity index (χ3v) is 13.7. The van der Waals surface area contributed by atoms with Crippen LogP contribution in [0.1, 0.15) is 114 Å². The first kappa shape index (κ1) is 38.5. The van der Waals surface area contributed by atoms with Crippen LogP contribution in [0.4, 0.5) is 11.4 Å². The second-order valence-corrected chi connectivity index (χ2v) is 19.5. The van der Waals surface area contributed by atoms with Crippen molar-refractivity contribution in [1.82, 2.24) is 0 Å². The van der Waals surface area contributed by atoms with Gasteiger partial charge in [-0.1, -0.05) is 55.4 Å². The van der Waals surface area contributed by atoms with E-state index >= 15 is 0 Å². The molecular formula is C50H50N4O5. The highest BCUT2D eigenvalue weighted by Gasteiger charge is 2.43. The molecule has 0 N–H and O–H groups in total. The normalized spacial score (nSPS) is 20.7. The fourth-order valence-electron chi connectivity index (χ4n) is 9.91. The highest BCUT2D eigenvalue weighted by molar-refractivity contribution is 5.93. The van der Waals surface area contributed by atoms with E-state index in [0.717, 1.165) is 73.8 Å². The minimum atomic E-state index is -0.465. The van der Waals surface area contributed by atoms with E-state index in [0.29, 0.717) is 39.4 Å². The lowest BCUT2D eigenvalue weighted by atomic mass is 9.69. The average Bonchev–Trinajstić information content (AvgIpc) is 3.17. The van der Waals surface area contributed by atoms with Crippen LogP contribution in [0, 0.1) is 17.9 Å². The van der Waals surface area contributed by atoms with Gasteiger partial charge in [-0.05, 0) is 125 Å². The second-order valence-electron chi connectivity index (χ2n) is 19.5. The Labute approximate surface area is 345 Å². The zero-order chi connectivity index (χ0) is 41.8. The van der Waals surface area contributed by atoms with Crippen molar-refractivity contribution in [2.75, 3.05) is 36.0 Å². The van der Waals surface area contributed by atoms with E-state index in [4.69, 9.17) is 20.1 Å². The number of hydrogen-bond donors (Lipinski definition) is 0. The molecule has 0 fully saturated rings. The van der Waals surface area contributed by atoms with Crippen LogP contribution in [0.3, 0.4) is 0 Å². The molecule has 0 aliphatic carbocycles. The standard InChI is InChI=1S/C50H50N4O5/c1-47(2)14-18-53-20-16-49(5,6)39-41(53)36(47)26-32-22-29(45(55)58-43(32)39)10-12-34-24-31(38(28-51)52-9)25-35(57-34)13-11-30-23-33-27-37-42-40(44(33)59-46(30)56)50(7,8)17-21-54(42)19-15-48(37,3)4/h10-13,22-27H,14-21H2,1-8H3/b12-10+,13-11+. The number of anilines is 2. The molecule has 9 rings (SSSR count). The maximum Gasteiger partial charge on any atom is 0.343 e. The highest BCUT2D eigenvalue weighted by Crippen LogP contribution is 2.53. The third-order valence-electron chi connectivity index (χ3n) is 13.7. The quantitative estimate of drug-likeness (QED) is 0.114. The SMILES string of the molecule is [C-]#[N+]C(C#N)=C1C=C(/C=C/c2cc3cc4c5c(c3oc2=O)C(C)(C)CCN5CCC4(C)C)OC(/C=C/c2cc3cc4c5c(c3oc2=O)C(C)(C)CCN5CCC4(C)C)=C1. The molecule has 0 amide bonds. The van der Waals surface area contributed by atoms with Gasteiger partial charge in [0.15, 0.2) is 0 Å². The van der Waals surface area contributed by atoms with Crippen molar-refractivity contribution in [3.63, 3.8) is 0 Å². The average molecular weight is 787 g/mol. The van der Waals surface area contributed by atoms with Crippen molar-refractivity contribution < 1.29 is 13.6 Å². The lowest BCUT2D eigenvalue weighted by Gasteiger charge is -2.48. The van der Waals surface area contributed by atoms with Crippen LogP contribution in [0.2, 0.25) is 0 Å². The van der Waals surface area contributed by atoms with E-state index in [-0.39, 0.29) is 27.4 Å². The number of nitriles is 1. The fraction of sp³-hybridized carbons (Fsp3) is 0.400. The van der Waals surface area contributed by atoms with E-state index in [9.17, 15) is 14.9 Å². The van der Waals surface area contributed by atoms with Crippen molar-refractivity contribution in [2.24, 2.45) is 0 Å². The topological polar surface area (TPSA) is 104 Å². The molecule has 0 atom stereocenters. The summed E-state index contributed by atoms with van der Waals surface area (Å²) in [6.45, 7) is 29.6. The molecule has 9 nitrogen and oxygen atoms in total. The molecule has 9 heteroatoms. The maximum atomic E-state index is 13.7. The molecule has 5 aliphatic heterocycles. The van der Waals surface area contributed by atoms with Crippen molar-refractivity contribution in [1.29, 1.82) is 5.26 Å². The molecule has 0 bridgehead atoms. The molecular weight excluding hydrogens is 737 g/mol. The van der Waals surface area contributed by atoms with E-state index in [2.05, 4.69) is 82.2 Å². The van der Waals surface area contributed by atoms with Gasteiger partial charge in [-0.3, -0.25) is 0 Å². The number of hydrogen-bond acceptors (Lipinski definition) is 8. The number of rotatable bonds is 4. The first-order chi connectivity index (χ1) is 27.9. The van der Waals surface area contributed by atoms with Gasteiger partial charge < -0.3 is 23.4 Å². The van der Waals surface area contributed by atoms with Crippen LogP contribution >= 0.6 is 0 Å². The van der Waals surface area contributed by atoms with Crippen LogP contribution in [-0.2, 0) is 26.4 Å². The molecule has 5 aliphatic rings. The molecule has 0 radical (unpaired) electrons. The smallest absolute Gasteiger partial charge is 0.343 e. The Morgan fingerprint density at radius 1 is 0.661 bits per heavy atom. The van der Waals surface area contributed by atoms with Gasteiger partial charge in [0.05, 0.1) is 23.8 Å². The third kappa shape index (κ3) is 6.25. The van der Waals surface area contributed by atoms with Gasteiger partial charge >= 0.3 is 11.3 Å². The number of allylic oxidation sites excluding steroid dienone is 6. The molecule has 4 aromatic rings. The van der Waals surface area contributed by atoms with Crippen LogP contribution < -0.4 is 21.1 Å². The van der Waals surface area contributed by atoms with Gasteiger partial charge in [-0.15, -0.1) is 0 Å². The lowest BCUT2D eigenvalue weighted by Crippen LogP contribution is -2.44. The zero-order valence-corrected chi connectivity index (χ0v) is 35.3. The van der Waals surface area contributed by atoms with Gasteiger partial charge in [0.2, 0.25) is 0 Å². The van der Waals surface area contributed by atoms with Crippen LogP contribution in [0.15, 0.2) is 89.8 Å². The molecule has 0 unspecified atom stereocenters. The minimum absolute atomic E-state index is 0.0334. The van der Waals surface area contributed by atoms with Gasteiger partial charge in [0.1, 0.15) is 22.7 Å². The van der Waals surface area contributed by atoms with E-state index in [1.807, 2.05) is 18.2 Å². The summed E-state index contributed by atoms with van der Waals surface area (Å²) in [5.74, 6) is 0.614. The van der Waals surface area contributed by atoms with Crippen molar-refractivity contribution >= 4 is 45.5 Å². The monoisotopic (exact) mass is 786 g/mol. The Kier molecular flexibility index (Phi) is 8.62. The van der Waals surface area contributed by atoms with Gasteiger partial charge in [0.25, 0.3) is 5.70 Å². The minimum Gasteiger partial charge on any atom is -0.457 e. The van der Waals surface area contributed by atoms with Crippen molar-refractivity contribution in [2.45, 2.75) is 103 Å². The molecule has 0 saturated heterocycles. The predicted octanol–water partition coefficient (Wildman–Crippen LogP) is 10.5. The van der Waals surface area contributed by atoms with E-state index < -0.39 is 11.3 Å².